The Bertz CT molecular complexity index is 1180. The molecule has 0 radical (unpaired) electrons. The maximum Gasteiger partial charge on any atom is 0.237 e. The fraction of sp³-hybridized carbons (Fsp3) is 0.417. The summed E-state index contributed by atoms with van der Waals surface area (Å²) >= 11 is 6.77. The van der Waals surface area contributed by atoms with E-state index in [9.17, 15) is 4.57 Å². The predicted molar refractivity (Wildman–Crippen MR) is 136 cm³/mol. The number of morpholine rings is 2. The molecule has 0 bridgehead atoms. The van der Waals surface area contributed by atoms with Crippen LogP contribution in [0.3, 0.4) is 0 Å². The Kier molecular flexibility index (Phi) is 7.23. The standard InChI is InChI=1S/C24H27ClFN4O4P/c1-24(30-10-14-33-15-11-30)23(34-35-31)27-19-7-6-17(25)22(29-8-12-32-13-9-29)20(19)21(28-24)16-4-2-3-5-18(16)26/h2-7H,8-15,35H2,1H3. The smallest absolute Gasteiger partial charge is 0.237 e. The molecule has 0 amide bonds. The van der Waals surface area contributed by atoms with Crippen molar-refractivity contribution in [1.82, 2.24) is 4.90 Å². The molecule has 2 aromatic carbocycles. The lowest BCUT2D eigenvalue weighted by Crippen LogP contribution is -2.55. The van der Waals surface area contributed by atoms with Gasteiger partial charge < -0.3 is 18.9 Å². The van der Waals surface area contributed by atoms with Crippen LogP contribution < -0.4 is 4.90 Å². The minimum absolute atomic E-state index is 0.201. The average Bonchev–Trinajstić information content (AvgIpc) is 3.01. The second-order valence-electron chi connectivity index (χ2n) is 8.58. The van der Waals surface area contributed by atoms with Gasteiger partial charge in [-0.1, -0.05) is 23.7 Å². The van der Waals surface area contributed by atoms with E-state index in [1.165, 1.54) is 6.07 Å². The van der Waals surface area contributed by atoms with Crippen LogP contribution in [0.2, 0.25) is 5.02 Å². The first-order valence-corrected chi connectivity index (χ1v) is 12.9. The van der Waals surface area contributed by atoms with Crippen LogP contribution in [0.1, 0.15) is 18.1 Å². The lowest BCUT2D eigenvalue weighted by Gasteiger charge is -2.39. The number of fused-ring (bicyclic) bond motifs is 1. The summed E-state index contributed by atoms with van der Waals surface area (Å²) < 4.78 is 43.8. The van der Waals surface area contributed by atoms with Crippen LogP contribution in [0.4, 0.5) is 15.8 Å². The Balaban J connectivity index is 1.81. The van der Waals surface area contributed by atoms with Crippen molar-refractivity contribution in [2.45, 2.75) is 12.6 Å². The van der Waals surface area contributed by atoms with Crippen LogP contribution in [0.5, 0.6) is 0 Å². The molecule has 2 saturated heterocycles. The number of halogens is 2. The summed E-state index contributed by atoms with van der Waals surface area (Å²) in [5, 5.41) is 0.511. The molecular weight excluding hydrogens is 494 g/mol. The number of hydrogen-bond donors (Lipinski definition) is 0. The molecule has 0 aliphatic carbocycles. The largest absolute Gasteiger partial charge is 0.429 e. The van der Waals surface area contributed by atoms with Crippen molar-refractivity contribution in [3.63, 3.8) is 0 Å². The summed E-state index contributed by atoms with van der Waals surface area (Å²) in [6, 6.07) is 10.1. The zero-order chi connectivity index (χ0) is 24.4. The molecule has 2 fully saturated rings. The zero-order valence-electron chi connectivity index (χ0n) is 19.4. The number of benzene rings is 2. The highest BCUT2D eigenvalue weighted by molar-refractivity contribution is 7.18. The lowest BCUT2D eigenvalue weighted by atomic mass is 9.97. The monoisotopic (exact) mass is 520 g/mol. The topological polar surface area (TPSA) is 76.0 Å². The first kappa shape index (κ1) is 24.4. The van der Waals surface area contributed by atoms with Gasteiger partial charge in [0.1, 0.15) is 5.82 Å². The van der Waals surface area contributed by atoms with E-state index in [1.807, 2.05) is 6.92 Å². The molecular formula is C24H27ClFN4O4P. The first-order valence-electron chi connectivity index (χ1n) is 11.6. The van der Waals surface area contributed by atoms with Crippen LogP contribution in [-0.2, 0) is 18.6 Å². The Morgan fingerprint density at radius 2 is 1.74 bits per heavy atom. The van der Waals surface area contributed by atoms with Gasteiger partial charge in [0.25, 0.3) is 0 Å². The van der Waals surface area contributed by atoms with E-state index in [1.54, 1.807) is 30.3 Å². The van der Waals surface area contributed by atoms with E-state index >= 15 is 4.39 Å². The van der Waals surface area contributed by atoms with E-state index in [2.05, 4.69) is 9.80 Å². The molecule has 0 saturated carbocycles. The fourth-order valence-electron chi connectivity index (χ4n) is 4.75. The van der Waals surface area contributed by atoms with Gasteiger partial charge in [0, 0.05) is 31.7 Å². The van der Waals surface area contributed by atoms with Crippen molar-refractivity contribution >= 4 is 43.3 Å². The molecule has 2 aromatic rings. The van der Waals surface area contributed by atoms with Crippen molar-refractivity contribution in [3.05, 3.63) is 58.4 Å². The van der Waals surface area contributed by atoms with Crippen LogP contribution in [0, 0.1) is 5.82 Å². The van der Waals surface area contributed by atoms with E-state index in [0.717, 1.165) is 5.69 Å². The Morgan fingerprint density at radius 1 is 1.06 bits per heavy atom. The van der Waals surface area contributed by atoms with Gasteiger partial charge in [-0.05, 0) is 31.2 Å². The summed E-state index contributed by atoms with van der Waals surface area (Å²) in [6.45, 7) is 6.35. The van der Waals surface area contributed by atoms with Crippen molar-refractivity contribution < 1.29 is 23.0 Å². The maximum atomic E-state index is 15.3. The van der Waals surface area contributed by atoms with Gasteiger partial charge in [0.2, 0.25) is 14.6 Å². The highest BCUT2D eigenvalue weighted by Crippen LogP contribution is 2.42. The molecule has 0 spiro atoms. The molecule has 5 rings (SSSR count). The van der Waals surface area contributed by atoms with Gasteiger partial charge in [0.15, 0.2) is 5.66 Å². The molecule has 0 aromatic heterocycles. The molecule has 11 heteroatoms. The highest BCUT2D eigenvalue weighted by Gasteiger charge is 2.43. The van der Waals surface area contributed by atoms with Crippen LogP contribution in [0.15, 0.2) is 46.4 Å². The number of rotatable bonds is 4. The first-order chi connectivity index (χ1) is 17.0. The lowest BCUT2D eigenvalue weighted by molar-refractivity contribution is 0.00435. The van der Waals surface area contributed by atoms with E-state index in [-0.39, 0.29) is 5.90 Å². The van der Waals surface area contributed by atoms with Crippen LogP contribution >= 0.6 is 20.3 Å². The maximum absolute atomic E-state index is 15.3. The summed E-state index contributed by atoms with van der Waals surface area (Å²) in [5.74, 6) is -0.208. The van der Waals surface area contributed by atoms with Crippen LogP contribution in [0.25, 0.3) is 0 Å². The zero-order valence-corrected chi connectivity index (χ0v) is 21.3. The van der Waals surface area contributed by atoms with E-state index in [0.29, 0.717) is 80.2 Å². The number of nitrogens with zero attached hydrogens (tertiary/aromatic N) is 4. The van der Waals surface area contributed by atoms with Gasteiger partial charge in [-0.15, -0.1) is 0 Å². The Labute approximate surface area is 209 Å². The molecule has 186 valence electrons. The minimum atomic E-state index is -1.59. The Hall–Kier alpha value is -2.29. The molecule has 8 nitrogen and oxygen atoms in total. The SMILES string of the molecule is CC1(N2CCOCC2)N=C(c2ccccc2F)c2c(ccc(Cl)c2N2CCOCC2)N=C1O[PH2]=O. The summed E-state index contributed by atoms with van der Waals surface area (Å²) in [4.78, 5) is 14.2. The van der Waals surface area contributed by atoms with Crippen molar-refractivity contribution in [2.75, 3.05) is 57.5 Å². The van der Waals surface area contributed by atoms with Gasteiger partial charge in [-0.2, -0.15) is 0 Å². The fourth-order valence-corrected chi connectivity index (χ4v) is 5.40. The van der Waals surface area contributed by atoms with Crippen molar-refractivity contribution in [1.29, 1.82) is 0 Å². The minimum Gasteiger partial charge on any atom is -0.429 e. The summed E-state index contributed by atoms with van der Waals surface area (Å²) in [5.41, 5.74) is 1.47. The highest BCUT2D eigenvalue weighted by atomic mass is 35.5. The van der Waals surface area contributed by atoms with E-state index < -0.39 is 20.2 Å². The summed E-state index contributed by atoms with van der Waals surface area (Å²) in [7, 11) is -1.59. The van der Waals surface area contributed by atoms with Gasteiger partial charge in [-0.25, -0.2) is 9.38 Å². The molecule has 3 heterocycles. The van der Waals surface area contributed by atoms with Gasteiger partial charge in [-0.3, -0.25) is 14.5 Å². The van der Waals surface area contributed by atoms with Crippen LogP contribution in [-0.4, -0.2) is 74.8 Å². The molecule has 35 heavy (non-hydrogen) atoms. The second kappa shape index (κ2) is 10.4. The third kappa shape index (κ3) is 4.63. The molecule has 3 aliphatic heterocycles. The number of anilines is 1. The normalized spacial score (nSPS) is 23.6. The van der Waals surface area contributed by atoms with Gasteiger partial charge >= 0.3 is 0 Å². The number of ether oxygens (including phenoxy) is 2. The third-order valence-corrected chi connectivity index (χ3v) is 7.17. The molecule has 0 N–H and O–H groups in total. The number of aliphatic imine (C=N–C) groups is 2. The molecule has 2 atom stereocenters. The van der Waals surface area contributed by atoms with Gasteiger partial charge in [0.05, 0.1) is 54.1 Å². The van der Waals surface area contributed by atoms with Crippen molar-refractivity contribution in [2.24, 2.45) is 9.98 Å². The quantitative estimate of drug-likeness (QED) is 0.569. The molecule has 3 aliphatic rings. The predicted octanol–water partition coefficient (Wildman–Crippen LogP) is 3.93. The second-order valence-corrected chi connectivity index (χ2v) is 9.42. The molecule has 2 unspecified atom stereocenters. The summed E-state index contributed by atoms with van der Waals surface area (Å²) in [6.07, 6.45) is 0. The third-order valence-electron chi connectivity index (χ3n) is 6.54. The Morgan fingerprint density at radius 3 is 2.43 bits per heavy atom. The van der Waals surface area contributed by atoms with E-state index in [4.69, 9.17) is 35.6 Å². The van der Waals surface area contributed by atoms with Crippen molar-refractivity contribution in [3.8, 4) is 0 Å². The average molecular weight is 521 g/mol. The number of hydrogen-bond acceptors (Lipinski definition) is 8.